The number of allylic oxidation sites excluding steroid dienone is 1. The summed E-state index contributed by atoms with van der Waals surface area (Å²) in [6.45, 7) is 1.92. The Bertz CT molecular complexity index is 917. The molecule has 31 heavy (non-hydrogen) atoms. The third kappa shape index (κ3) is 7.40. The highest BCUT2D eigenvalue weighted by Crippen LogP contribution is 2.30. The fourth-order valence-corrected chi connectivity index (χ4v) is 2.84. The topological polar surface area (TPSA) is 117 Å². The molecule has 0 saturated carbocycles. The maximum Gasteiger partial charge on any atom is 0.412 e. The number of amides is 2. The number of aryl methyl sites for hydroxylation is 1. The number of ether oxygens (including phenoxy) is 2. The lowest BCUT2D eigenvalue weighted by molar-refractivity contribution is -0.124. The summed E-state index contributed by atoms with van der Waals surface area (Å²) in [7, 11) is 1.42. The first kappa shape index (κ1) is 23.8. The molecule has 0 aliphatic heterocycles. The standard InChI is InChI=1S/C22H25FN2O6/c1-14-7-10-16(11-8-14)24-22(28)31-21(15-9-12-18(26)17(23)13-15)19(30-2)5-3-4-6-20(27)25-29/h4,6-13,19,21,26,29H,3,5H2,1-2H3,(H,24,28)(H,25,27)/b6-4+/t19-,21-/m1/s1. The molecule has 2 amide bonds. The molecule has 0 saturated heterocycles. The second kappa shape index (κ2) is 11.7. The van der Waals surface area contributed by atoms with Crippen LogP contribution in [0.5, 0.6) is 5.75 Å². The minimum absolute atomic E-state index is 0.290. The molecule has 0 radical (unpaired) electrons. The molecule has 0 bridgehead atoms. The van der Waals surface area contributed by atoms with Gasteiger partial charge in [0.05, 0.1) is 6.10 Å². The first-order chi connectivity index (χ1) is 14.8. The Morgan fingerprint density at radius 2 is 1.90 bits per heavy atom. The van der Waals surface area contributed by atoms with Crippen molar-refractivity contribution >= 4 is 17.7 Å². The molecule has 0 spiro atoms. The van der Waals surface area contributed by atoms with Crippen molar-refractivity contribution in [2.24, 2.45) is 0 Å². The van der Waals surface area contributed by atoms with E-state index in [4.69, 9.17) is 14.7 Å². The molecular weight excluding hydrogens is 407 g/mol. The Kier molecular flexibility index (Phi) is 8.98. The fourth-order valence-electron chi connectivity index (χ4n) is 2.84. The number of methoxy groups -OCH3 is 1. The predicted molar refractivity (Wildman–Crippen MR) is 111 cm³/mol. The summed E-state index contributed by atoms with van der Waals surface area (Å²) in [6, 6.07) is 10.8. The summed E-state index contributed by atoms with van der Waals surface area (Å²) in [5.74, 6) is -2.07. The lowest BCUT2D eigenvalue weighted by Crippen LogP contribution is -2.28. The molecule has 0 unspecified atom stereocenters. The first-order valence-electron chi connectivity index (χ1n) is 9.50. The van der Waals surface area contributed by atoms with Crippen LogP contribution >= 0.6 is 0 Å². The number of halogens is 1. The van der Waals surface area contributed by atoms with Gasteiger partial charge in [0.2, 0.25) is 0 Å². The number of phenols is 1. The van der Waals surface area contributed by atoms with E-state index in [1.165, 1.54) is 24.7 Å². The van der Waals surface area contributed by atoms with E-state index in [0.29, 0.717) is 24.1 Å². The number of carbonyl (C=O) groups is 2. The molecule has 0 fully saturated rings. The monoisotopic (exact) mass is 432 g/mol. The number of carbonyl (C=O) groups excluding carboxylic acids is 2. The molecule has 0 heterocycles. The zero-order valence-corrected chi connectivity index (χ0v) is 17.2. The van der Waals surface area contributed by atoms with E-state index in [0.717, 1.165) is 23.8 Å². The van der Waals surface area contributed by atoms with Crippen molar-refractivity contribution in [2.45, 2.75) is 32.0 Å². The van der Waals surface area contributed by atoms with E-state index < -0.39 is 35.8 Å². The second-order valence-electron chi connectivity index (χ2n) is 6.76. The summed E-state index contributed by atoms with van der Waals surface area (Å²) >= 11 is 0. The van der Waals surface area contributed by atoms with E-state index in [1.807, 2.05) is 19.1 Å². The molecule has 0 aliphatic carbocycles. The molecule has 8 nitrogen and oxygen atoms in total. The number of hydrogen-bond acceptors (Lipinski definition) is 6. The van der Waals surface area contributed by atoms with Gasteiger partial charge in [-0.05, 0) is 49.6 Å². The summed E-state index contributed by atoms with van der Waals surface area (Å²) in [5.41, 5.74) is 3.32. The smallest absolute Gasteiger partial charge is 0.412 e. The lowest BCUT2D eigenvalue weighted by atomic mass is 10.00. The maximum atomic E-state index is 13.9. The average Bonchev–Trinajstić information content (AvgIpc) is 2.76. The van der Waals surface area contributed by atoms with Gasteiger partial charge in [0.15, 0.2) is 17.7 Å². The quantitative estimate of drug-likeness (QED) is 0.270. The molecule has 2 atom stereocenters. The summed E-state index contributed by atoms with van der Waals surface area (Å²) in [5, 5.41) is 20.6. The van der Waals surface area contributed by atoms with E-state index in [-0.39, 0.29) is 0 Å². The number of hydroxylamine groups is 1. The largest absolute Gasteiger partial charge is 0.505 e. The molecule has 2 aromatic rings. The molecule has 4 N–H and O–H groups in total. The number of benzene rings is 2. The van der Waals surface area contributed by atoms with E-state index in [1.54, 1.807) is 12.1 Å². The van der Waals surface area contributed by atoms with Crippen LogP contribution in [0, 0.1) is 12.7 Å². The Morgan fingerprint density at radius 3 is 2.52 bits per heavy atom. The molecular formula is C22H25FN2O6. The molecule has 2 aromatic carbocycles. The number of phenolic OH excluding ortho intramolecular Hbond substituents is 1. The van der Waals surface area contributed by atoms with Gasteiger partial charge in [0, 0.05) is 18.9 Å². The molecule has 2 rings (SSSR count). The molecule has 0 aliphatic rings. The summed E-state index contributed by atoms with van der Waals surface area (Å²) < 4.78 is 25.0. The highest BCUT2D eigenvalue weighted by molar-refractivity contribution is 5.86. The normalized spacial score (nSPS) is 12.9. The van der Waals surface area contributed by atoms with Crippen molar-refractivity contribution in [3.05, 3.63) is 71.6 Å². The maximum absolute atomic E-state index is 13.9. The van der Waals surface area contributed by atoms with E-state index in [9.17, 15) is 19.1 Å². The zero-order chi connectivity index (χ0) is 22.8. The van der Waals surface area contributed by atoms with Gasteiger partial charge in [-0.2, -0.15) is 0 Å². The predicted octanol–water partition coefficient (Wildman–Crippen LogP) is 3.99. The van der Waals surface area contributed by atoms with Gasteiger partial charge >= 0.3 is 6.09 Å². The zero-order valence-electron chi connectivity index (χ0n) is 17.2. The van der Waals surface area contributed by atoms with Crippen LogP contribution in [-0.2, 0) is 14.3 Å². The summed E-state index contributed by atoms with van der Waals surface area (Å²) in [4.78, 5) is 23.6. The first-order valence-corrected chi connectivity index (χ1v) is 9.50. The molecule has 9 heteroatoms. The van der Waals surface area contributed by atoms with Crippen molar-refractivity contribution < 1.29 is 33.8 Å². The number of rotatable bonds is 9. The Hall–Kier alpha value is -3.43. The average molecular weight is 432 g/mol. The number of aromatic hydroxyl groups is 1. The van der Waals surface area contributed by atoms with Gasteiger partial charge in [0.1, 0.15) is 0 Å². The number of nitrogens with one attached hydrogen (secondary N) is 2. The van der Waals surface area contributed by atoms with Crippen molar-refractivity contribution in [1.29, 1.82) is 0 Å². The van der Waals surface area contributed by atoms with Gasteiger partial charge in [-0.3, -0.25) is 15.3 Å². The second-order valence-corrected chi connectivity index (χ2v) is 6.76. The van der Waals surface area contributed by atoms with Crippen LogP contribution in [0.2, 0.25) is 0 Å². The Morgan fingerprint density at radius 1 is 1.19 bits per heavy atom. The molecule has 0 aromatic heterocycles. The van der Waals surface area contributed by atoms with Crippen LogP contribution in [0.15, 0.2) is 54.6 Å². The van der Waals surface area contributed by atoms with Crippen LogP contribution < -0.4 is 10.8 Å². The van der Waals surface area contributed by atoms with Crippen LogP contribution in [0.4, 0.5) is 14.9 Å². The van der Waals surface area contributed by atoms with Crippen LogP contribution in [0.1, 0.15) is 30.1 Å². The highest BCUT2D eigenvalue weighted by atomic mass is 19.1. The van der Waals surface area contributed by atoms with Crippen molar-refractivity contribution in [1.82, 2.24) is 5.48 Å². The summed E-state index contributed by atoms with van der Waals surface area (Å²) in [6.07, 6.45) is 0.883. The third-order valence-corrected chi connectivity index (χ3v) is 4.47. The minimum Gasteiger partial charge on any atom is -0.505 e. The van der Waals surface area contributed by atoms with E-state index in [2.05, 4.69) is 5.32 Å². The van der Waals surface area contributed by atoms with Gasteiger partial charge in [-0.25, -0.2) is 14.7 Å². The van der Waals surface area contributed by atoms with Gasteiger partial charge in [0.25, 0.3) is 5.91 Å². The third-order valence-electron chi connectivity index (χ3n) is 4.47. The lowest BCUT2D eigenvalue weighted by Gasteiger charge is -2.26. The van der Waals surface area contributed by atoms with Gasteiger partial charge < -0.3 is 14.6 Å². The SMILES string of the molecule is CO[C@H](CC/C=C/C(=O)NO)[C@H](OC(=O)Nc1ccc(C)cc1)c1ccc(O)c(F)c1. The minimum atomic E-state index is -0.995. The Labute approximate surface area is 179 Å². The van der Waals surface area contributed by atoms with Gasteiger partial charge in [-0.15, -0.1) is 0 Å². The van der Waals surface area contributed by atoms with E-state index >= 15 is 0 Å². The highest BCUT2D eigenvalue weighted by Gasteiger charge is 2.28. The van der Waals surface area contributed by atoms with Crippen molar-refractivity contribution in [2.75, 3.05) is 12.4 Å². The van der Waals surface area contributed by atoms with Crippen LogP contribution in [-0.4, -0.2) is 35.5 Å². The fraction of sp³-hybridized carbons (Fsp3) is 0.273. The van der Waals surface area contributed by atoms with Crippen molar-refractivity contribution in [3.63, 3.8) is 0 Å². The van der Waals surface area contributed by atoms with Gasteiger partial charge in [-0.1, -0.05) is 29.8 Å². The van der Waals surface area contributed by atoms with Crippen LogP contribution in [0.25, 0.3) is 0 Å². The molecule has 166 valence electrons. The van der Waals surface area contributed by atoms with Crippen LogP contribution in [0.3, 0.4) is 0 Å². The number of anilines is 1. The Balaban J connectivity index is 2.18. The number of hydrogen-bond donors (Lipinski definition) is 4. The van der Waals surface area contributed by atoms with Crippen molar-refractivity contribution in [3.8, 4) is 5.75 Å².